The van der Waals surface area contributed by atoms with Gasteiger partial charge in [-0.05, 0) is 13.8 Å². The summed E-state index contributed by atoms with van der Waals surface area (Å²) >= 11 is 0. The molecule has 0 fully saturated rings. The average molecular weight is 258 g/mol. The van der Waals surface area contributed by atoms with Crippen molar-refractivity contribution in [2.24, 2.45) is 0 Å². The second-order valence-electron chi connectivity index (χ2n) is 2.59. The summed E-state index contributed by atoms with van der Waals surface area (Å²) in [6.45, 7) is 13.1. The molecule has 0 aliphatic carbocycles. The van der Waals surface area contributed by atoms with Crippen molar-refractivity contribution in [1.29, 1.82) is 0 Å². The van der Waals surface area contributed by atoms with Crippen molar-refractivity contribution in [3.8, 4) is 0 Å². The van der Waals surface area contributed by atoms with Gasteiger partial charge in [-0.1, -0.05) is 19.7 Å². The number of carbonyl (C=O) groups is 3. The SMILES string of the molecule is C=C(C)C(=O)OCC.C=CC(=O)O.C=CC(=O)O. The van der Waals surface area contributed by atoms with Crippen LogP contribution in [0, 0.1) is 0 Å². The molecule has 102 valence electrons. The number of ether oxygens (including phenoxy) is 1. The minimum Gasteiger partial charge on any atom is -0.478 e. The monoisotopic (exact) mass is 258 g/mol. The Bertz CT molecular complexity index is 299. The van der Waals surface area contributed by atoms with Crippen LogP contribution in [0.15, 0.2) is 37.5 Å². The van der Waals surface area contributed by atoms with Crippen LogP contribution in [0.1, 0.15) is 13.8 Å². The summed E-state index contributed by atoms with van der Waals surface area (Å²) in [5, 5.41) is 15.2. The molecule has 0 aromatic rings. The highest BCUT2D eigenvalue weighted by Crippen LogP contribution is 1.89. The molecule has 0 radical (unpaired) electrons. The molecule has 0 aliphatic rings. The number of esters is 1. The Morgan fingerprint density at radius 1 is 1.11 bits per heavy atom. The summed E-state index contributed by atoms with van der Waals surface area (Å²) in [6, 6.07) is 0. The maximum atomic E-state index is 10.4. The largest absolute Gasteiger partial charge is 0.478 e. The Labute approximate surface area is 106 Å². The van der Waals surface area contributed by atoms with E-state index in [0.717, 1.165) is 12.2 Å². The lowest BCUT2D eigenvalue weighted by atomic mass is 10.4. The lowest BCUT2D eigenvalue weighted by Crippen LogP contribution is -2.03. The highest BCUT2D eigenvalue weighted by atomic mass is 16.5. The Balaban J connectivity index is -0.000000197. The van der Waals surface area contributed by atoms with Crippen LogP contribution in [0.4, 0.5) is 0 Å². The predicted molar refractivity (Wildman–Crippen MR) is 67.1 cm³/mol. The van der Waals surface area contributed by atoms with Gasteiger partial charge in [0.15, 0.2) is 0 Å². The zero-order chi connectivity index (χ0) is 15.1. The summed E-state index contributed by atoms with van der Waals surface area (Å²) in [5.41, 5.74) is 0.451. The van der Waals surface area contributed by atoms with Crippen LogP contribution in [0.5, 0.6) is 0 Å². The van der Waals surface area contributed by atoms with Gasteiger partial charge in [-0.25, -0.2) is 14.4 Å². The second-order valence-corrected chi connectivity index (χ2v) is 2.59. The van der Waals surface area contributed by atoms with E-state index in [0.29, 0.717) is 12.2 Å². The van der Waals surface area contributed by atoms with Crippen LogP contribution < -0.4 is 0 Å². The van der Waals surface area contributed by atoms with Crippen LogP contribution in [-0.2, 0) is 19.1 Å². The summed E-state index contributed by atoms with van der Waals surface area (Å²) in [5.74, 6) is -2.28. The molecule has 18 heavy (non-hydrogen) atoms. The average Bonchev–Trinajstić information content (AvgIpc) is 2.30. The van der Waals surface area contributed by atoms with Gasteiger partial charge in [0.2, 0.25) is 0 Å². The smallest absolute Gasteiger partial charge is 0.333 e. The first kappa shape index (κ1) is 21.0. The number of carboxylic acids is 2. The minimum absolute atomic E-state index is 0.312. The molecular formula is C12H18O6. The number of carbonyl (C=O) groups excluding carboxylic acids is 1. The van der Waals surface area contributed by atoms with Gasteiger partial charge in [-0.3, -0.25) is 0 Å². The molecule has 0 amide bonds. The predicted octanol–water partition coefficient (Wildman–Crippen LogP) is 1.64. The Morgan fingerprint density at radius 3 is 1.44 bits per heavy atom. The molecule has 0 saturated heterocycles. The summed E-state index contributed by atoms with van der Waals surface area (Å²) in [7, 11) is 0. The molecule has 0 saturated carbocycles. The van der Waals surface area contributed by atoms with Crippen LogP contribution in [0.25, 0.3) is 0 Å². The van der Waals surface area contributed by atoms with Gasteiger partial charge in [-0.2, -0.15) is 0 Å². The van der Waals surface area contributed by atoms with E-state index < -0.39 is 11.9 Å². The van der Waals surface area contributed by atoms with Crippen molar-refractivity contribution < 1.29 is 29.3 Å². The molecule has 0 rings (SSSR count). The lowest BCUT2D eigenvalue weighted by molar-refractivity contribution is -0.138. The molecule has 0 aliphatic heterocycles. The van der Waals surface area contributed by atoms with Gasteiger partial charge >= 0.3 is 17.9 Å². The van der Waals surface area contributed by atoms with Crippen LogP contribution in [0.2, 0.25) is 0 Å². The molecule has 0 unspecified atom stereocenters. The molecule has 0 heterocycles. The van der Waals surface area contributed by atoms with Gasteiger partial charge in [-0.15, -0.1) is 0 Å². The normalized spacial score (nSPS) is 7.22. The fourth-order valence-electron chi connectivity index (χ4n) is 0.254. The molecule has 0 atom stereocenters. The van der Waals surface area contributed by atoms with E-state index in [9.17, 15) is 14.4 Å². The maximum absolute atomic E-state index is 10.4. The molecule has 0 bridgehead atoms. The van der Waals surface area contributed by atoms with Crippen molar-refractivity contribution in [2.45, 2.75) is 13.8 Å². The molecular weight excluding hydrogens is 240 g/mol. The Hall–Kier alpha value is -2.37. The maximum Gasteiger partial charge on any atom is 0.333 e. The van der Waals surface area contributed by atoms with Gasteiger partial charge in [0.25, 0.3) is 0 Å². The molecule has 2 N–H and O–H groups in total. The standard InChI is InChI=1S/C6H10O2.2C3H4O2/c1-4-8-6(7)5(2)3;2*1-2-3(4)5/h2,4H2,1,3H3;2*2H,1H2,(H,4,5). The zero-order valence-corrected chi connectivity index (χ0v) is 10.5. The Kier molecular flexibility index (Phi) is 17.0. The summed E-state index contributed by atoms with van der Waals surface area (Å²) in [6.07, 6.45) is 1.67. The third kappa shape index (κ3) is 29.2. The fraction of sp³-hybridized carbons (Fsp3) is 0.250. The van der Waals surface area contributed by atoms with Crippen LogP contribution in [0.3, 0.4) is 0 Å². The van der Waals surface area contributed by atoms with E-state index >= 15 is 0 Å². The van der Waals surface area contributed by atoms with Crippen LogP contribution in [-0.4, -0.2) is 34.7 Å². The van der Waals surface area contributed by atoms with Crippen molar-refractivity contribution in [3.63, 3.8) is 0 Å². The molecule has 6 nitrogen and oxygen atoms in total. The first-order chi connectivity index (χ1) is 8.22. The van der Waals surface area contributed by atoms with Crippen molar-refractivity contribution >= 4 is 17.9 Å². The van der Waals surface area contributed by atoms with Gasteiger partial charge in [0.05, 0.1) is 6.61 Å². The topological polar surface area (TPSA) is 101 Å². The number of aliphatic carboxylic acids is 2. The van der Waals surface area contributed by atoms with E-state index in [1.54, 1.807) is 13.8 Å². The van der Waals surface area contributed by atoms with Crippen LogP contribution >= 0.6 is 0 Å². The number of hydrogen-bond acceptors (Lipinski definition) is 4. The summed E-state index contributed by atoms with van der Waals surface area (Å²) < 4.78 is 4.56. The molecule has 0 spiro atoms. The van der Waals surface area contributed by atoms with Crippen molar-refractivity contribution in [3.05, 3.63) is 37.5 Å². The molecule has 6 heteroatoms. The first-order valence-electron chi connectivity index (χ1n) is 4.76. The third-order valence-corrected chi connectivity index (χ3v) is 0.973. The van der Waals surface area contributed by atoms with E-state index in [1.807, 2.05) is 0 Å². The molecule has 0 aromatic carbocycles. The fourth-order valence-corrected chi connectivity index (χ4v) is 0.254. The van der Waals surface area contributed by atoms with Crippen molar-refractivity contribution in [2.75, 3.05) is 6.61 Å². The number of hydrogen-bond donors (Lipinski definition) is 2. The van der Waals surface area contributed by atoms with Gasteiger partial charge in [0, 0.05) is 17.7 Å². The van der Waals surface area contributed by atoms with Gasteiger partial charge < -0.3 is 14.9 Å². The van der Waals surface area contributed by atoms with E-state index in [-0.39, 0.29) is 5.97 Å². The lowest BCUT2D eigenvalue weighted by Gasteiger charge is -1.96. The van der Waals surface area contributed by atoms with E-state index in [2.05, 4.69) is 24.5 Å². The minimum atomic E-state index is -0.981. The first-order valence-corrected chi connectivity index (χ1v) is 4.76. The quantitative estimate of drug-likeness (QED) is 0.587. The number of carboxylic acid groups (broad SMARTS) is 2. The zero-order valence-electron chi connectivity index (χ0n) is 10.5. The second kappa shape index (κ2) is 14.6. The van der Waals surface area contributed by atoms with E-state index in [4.69, 9.17) is 10.2 Å². The highest BCUT2D eigenvalue weighted by molar-refractivity contribution is 5.86. The van der Waals surface area contributed by atoms with E-state index in [1.165, 1.54) is 0 Å². The van der Waals surface area contributed by atoms with Gasteiger partial charge in [0.1, 0.15) is 0 Å². The Morgan fingerprint density at radius 2 is 1.39 bits per heavy atom. The summed E-state index contributed by atoms with van der Waals surface area (Å²) in [4.78, 5) is 28.9. The molecule has 0 aromatic heterocycles. The highest BCUT2D eigenvalue weighted by Gasteiger charge is 1.98. The van der Waals surface area contributed by atoms with Crippen molar-refractivity contribution in [1.82, 2.24) is 0 Å². The number of rotatable bonds is 4. The third-order valence-electron chi connectivity index (χ3n) is 0.973.